The molecule has 0 aliphatic rings. The van der Waals surface area contributed by atoms with E-state index in [0.717, 1.165) is 17.7 Å². The van der Waals surface area contributed by atoms with Gasteiger partial charge in [0.1, 0.15) is 0 Å². The van der Waals surface area contributed by atoms with E-state index in [1.165, 1.54) is 19.2 Å². The van der Waals surface area contributed by atoms with Crippen LogP contribution in [0, 0.1) is 0 Å². The molecule has 0 spiro atoms. The second kappa shape index (κ2) is 6.47. The molecule has 0 bridgehead atoms. The molecule has 2 rings (SSSR count). The van der Waals surface area contributed by atoms with Gasteiger partial charge in [-0.25, -0.2) is 4.79 Å². The largest absolute Gasteiger partial charge is 0.465 e. The second-order valence-corrected chi connectivity index (χ2v) is 4.57. The molecule has 0 aliphatic heterocycles. The van der Waals surface area contributed by atoms with Crippen molar-refractivity contribution in [1.82, 2.24) is 0 Å². The summed E-state index contributed by atoms with van der Waals surface area (Å²) < 4.78 is 41.9. The molecule has 2 nitrogen and oxygen atoms in total. The van der Waals surface area contributed by atoms with Gasteiger partial charge in [0.05, 0.1) is 18.2 Å². The summed E-state index contributed by atoms with van der Waals surface area (Å²) in [4.78, 5) is 11.3. The van der Waals surface area contributed by atoms with Crippen molar-refractivity contribution in [2.45, 2.75) is 6.18 Å². The number of methoxy groups -OCH3 is 1. The van der Waals surface area contributed by atoms with E-state index in [0.29, 0.717) is 11.1 Å². The fraction of sp³-hybridized carbons (Fsp3) is 0.118. The molecule has 22 heavy (non-hydrogen) atoms. The number of halogens is 3. The number of rotatable bonds is 3. The van der Waals surface area contributed by atoms with Crippen LogP contribution in [-0.2, 0) is 10.9 Å². The number of ether oxygens (including phenoxy) is 1. The van der Waals surface area contributed by atoms with Gasteiger partial charge < -0.3 is 4.74 Å². The molecular weight excluding hydrogens is 293 g/mol. The van der Waals surface area contributed by atoms with Crippen LogP contribution < -0.4 is 0 Å². The molecular formula is C17H13F3O2. The average molecular weight is 306 g/mol. The Morgan fingerprint density at radius 2 is 1.36 bits per heavy atom. The monoisotopic (exact) mass is 306 g/mol. The van der Waals surface area contributed by atoms with Gasteiger partial charge >= 0.3 is 12.1 Å². The van der Waals surface area contributed by atoms with E-state index in [1.807, 2.05) is 0 Å². The summed E-state index contributed by atoms with van der Waals surface area (Å²) in [6.07, 6.45) is -0.872. The van der Waals surface area contributed by atoms with Crippen LogP contribution in [0.2, 0.25) is 0 Å². The summed E-state index contributed by atoms with van der Waals surface area (Å²) in [6.45, 7) is 0. The molecule has 0 aromatic heterocycles. The summed E-state index contributed by atoms with van der Waals surface area (Å²) >= 11 is 0. The van der Waals surface area contributed by atoms with E-state index >= 15 is 0 Å². The lowest BCUT2D eigenvalue weighted by Gasteiger charge is -2.05. The maximum Gasteiger partial charge on any atom is 0.416 e. The van der Waals surface area contributed by atoms with Crippen LogP contribution in [0.15, 0.2) is 48.5 Å². The Balaban J connectivity index is 2.10. The normalized spacial score (nSPS) is 11.6. The minimum Gasteiger partial charge on any atom is -0.465 e. The Labute approximate surface area is 125 Å². The minimum atomic E-state index is -4.33. The van der Waals surface area contributed by atoms with Crippen molar-refractivity contribution in [2.24, 2.45) is 0 Å². The topological polar surface area (TPSA) is 26.3 Å². The Bertz CT molecular complexity index is 669. The first-order valence-corrected chi connectivity index (χ1v) is 6.44. The predicted octanol–water partition coefficient (Wildman–Crippen LogP) is 4.66. The number of carbonyl (C=O) groups is 1. The molecule has 0 N–H and O–H groups in total. The molecule has 0 aliphatic carbocycles. The summed E-state index contributed by atoms with van der Waals surface area (Å²) in [5.41, 5.74) is 1.25. The van der Waals surface area contributed by atoms with Crippen LogP contribution in [0.1, 0.15) is 27.0 Å². The van der Waals surface area contributed by atoms with E-state index in [-0.39, 0.29) is 0 Å². The van der Waals surface area contributed by atoms with Crippen molar-refractivity contribution in [1.29, 1.82) is 0 Å². The van der Waals surface area contributed by atoms with Crippen molar-refractivity contribution in [3.63, 3.8) is 0 Å². The third kappa shape index (κ3) is 3.97. The highest BCUT2D eigenvalue weighted by atomic mass is 19.4. The van der Waals surface area contributed by atoms with Gasteiger partial charge in [0, 0.05) is 0 Å². The maximum absolute atomic E-state index is 12.4. The van der Waals surface area contributed by atoms with Crippen LogP contribution in [0.3, 0.4) is 0 Å². The van der Waals surface area contributed by atoms with Crippen molar-refractivity contribution < 1.29 is 22.7 Å². The molecule has 0 saturated heterocycles. The van der Waals surface area contributed by atoms with Crippen molar-refractivity contribution >= 4 is 18.1 Å². The molecule has 2 aromatic rings. The first-order chi connectivity index (χ1) is 10.4. The van der Waals surface area contributed by atoms with Crippen LogP contribution in [0.4, 0.5) is 13.2 Å². The minimum absolute atomic E-state index is 0.418. The number of hydrogen-bond donors (Lipinski definition) is 0. The van der Waals surface area contributed by atoms with Gasteiger partial charge in [-0.05, 0) is 35.4 Å². The first kappa shape index (κ1) is 15.8. The van der Waals surface area contributed by atoms with E-state index in [1.54, 1.807) is 36.4 Å². The zero-order valence-electron chi connectivity index (χ0n) is 11.7. The Morgan fingerprint density at radius 3 is 1.77 bits per heavy atom. The van der Waals surface area contributed by atoms with Gasteiger partial charge in [-0.2, -0.15) is 13.2 Å². The van der Waals surface area contributed by atoms with E-state index in [4.69, 9.17) is 0 Å². The summed E-state index contributed by atoms with van der Waals surface area (Å²) in [7, 11) is 1.31. The molecule has 114 valence electrons. The number of hydrogen-bond acceptors (Lipinski definition) is 2. The van der Waals surface area contributed by atoms with Gasteiger partial charge in [-0.1, -0.05) is 36.4 Å². The zero-order valence-corrected chi connectivity index (χ0v) is 11.7. The molecule has 0 amide bonds. The van der Waals surface area contributed by atoms with Gasteiger partial charge in [-0.3, -0.25) is 0 Å². The number of esters is 1. The molecule has 0 heterocycles. The smallest absolute Gasteiger partial charge is 0.416 e. The standard InChI is InChI=1S/C17H13F3O2/c1-22-16(21)14-8-4-12(5-9-14)2-3-13-6-10-15(11-7-13)17(18,19)20/h2-11H,1H3. The SMILES string of the molecule is COC(=O)c1ccc(C=Cc2ccc(C(F)(F)F)cc2)cc1. The van der Waals surface area contributed by atoms with Crippen LogP contribution in [0.5, 0.6) is 0 Å². The highest BCUT2D eigenvalue weighted by molar-refractivity contribution is 5.89. The van der Waals surface area contributed by atoms with Gasteiger partial charge in [-0.15, -0.1) is 0 Å². The van der Waals surface area contributed by atoms with E-state index < -0.39 is 17.7 Å². The third-order valence-electron chi connectivity index (χ3n) is 3.04. The van der Waals surface area contributed by atoms with Gasteiger partial charge in [0.25, 0.3) is 0 Å². The molecule has 0 saturated carbocycles. The lowest BCUT2D eigenvalue weighted by molar-refractivity contribution is -0.137. The molecule has 5 heteroatoms. The lowest BCUT2D eigenvalue weighted by atomic mass is 10.1. The number of alkyl halides is 3. The number of benzene rings is 2. The average Bonchev–Trinajstić information content (AvgIpc) is 2.52. The molecule has 0 unspecified atom stereocenters. The van der Waals surface area contributed by atoms with Crippen LogP contribution in [-0.4, -0.2) is 13.1 Å². The van der Waals surface area contributed by atoms with E-state index in [9.17, 15) is 18.0 Å². The Kier molecular flexibility index (Phi) is 4.65. The zero-order chi connectivity index (χ0) is 16.2. The second-order valence-electron chi connectivity index (χ2n) is 4.57. The summed E-state index contributed by atoms with van der Waals surface area (Å²) in [6, 6.07) is 11.6. The molecule has 0 atom stereocenters. The molecule has 0 radical (unpaired) electrons. The fourth-order valence-electron chi connectivity index (χ4n) is 1.82. The first-order valence-electron chi connectivity index (χ1n) is 6.44. The van der Waals surface area contributed by atoms with E-state index in [2.05, 4.69) is 4.74 Å². The predicted molar refractivity (Wildman–Crippen MR) is 78.2 cm³/mol. The molecule has 0 fully saturated rings. The number of carbonyl (C=O) groups excluding carboxylic acids is 1. The van der Waals surface area contributed by atoms with Crippen LogP contribution in [0.25, 0.3) is 12.2 Å². The lowest BCUT2D eigenvalue weighted by Crippen LogP contribution is -2.03. The van der Waals surface area contributed by atoms with Gasteiger partial charge in [0.15, 0.2) is 0 Å². The Hall–Kier alpha value is -2.56. The third-order valence-corrected chi connectivity index (χ3v) is 3.04. The quantitative estimate of drug-likeness (QED) is 0.609. The summed E-state index contributed by atoms with van der Waals surface area (Å²) in [5.74, 6) is -0.418. The Morgan fingerprint density at radius 1 is 0.909 bits per heavy atom. The summed E-state index contributed by atoms with van der Waals surface area (Å²) in [5, 5.41) is 0. The highest BCUT2D eigenvalue weighted by Gasteiger charge is 2.29. The maximum atomic E-state index is 12.4. The van der Waals surface area contributed by atoms with Crippen molar-refractivity contribution in [2.75, 3.05) is 7.11 Å². The van der Waals surface area contributed by atoms with Crippen molar-refractivity contribution in [3.8, 4) is 0 Å². The van der Waals surface area contributed by atoms with Crippen LogP contribution >= 0.6 is 0 Å². The van der Waals surface area contributed by atoms with Gasteiger partial charge in [0.2, 0.25) is 0 Å². The van der Waals surface area contributed by atoms with Crippen molar-refractivity contribution in [3.05, 3.63) is 70.8 Å². The fourth-order valence-corrected chi connectivity index (χ4v) is 1.82. The highest BCUT2D eigenvalue weighted by Crippen LogP contribution is 2.29. The molecule has 2 aromatic carbocycles.